The number of hydrogen-bond donors (Lipinski definition) is 1. The molecule has 6 heteroatoms. The Morgan fingerprint density at radius 3 is 2.46 bits per heavy atom. The Balaban J connectivity index is 2.16. The van der Waals surface area contributed by atoms with Crippen molar-refractivity contribution < 1.29 is 8.42 Å². The minimum absolute atomic E-state index is 0.100. The summed E-state index contributed by atoms with van der Waals surface area (Å²) in [7, 11) is -3.80. The van der Waals surface area contributed by atoms with Crippen LogP contribution in [0.5, 0.6) is 0 Å². The Labute approximate surface area is 166 Å². The van der Waals surface area contributed by atoms with E-state index < -0.39 is 10.0 Å². The van der Waals surface area contributed by atoms with E-state index in [0.29, 0.717) is 17.7 Å². The van der Waals surface area contributed by atoms with Crippen LogP contribution in [0.25, 0.3) is 10.9 Å². The summed E-state index contributed by atoms with van der Waals surface area (Å²) in [5.41, 5.74) is 5.14. The zero-order valence-corrected chi connectivity index (χ0v) is 17.5. The largest absolute Gasteiger partial charge is 0.345 e. The molecule has 0 bridgehead atoms. The van der Waals surface area contributed by atoms with Gasteiger partial charge in [-0.1, -0.05) is 31.2 Å². The first kappa shape index (κ1) is 20.1. The standard InChI is InChI=1S/C22H25N3O2S/c1-5-17(12-25-13-18(11-23)19-8-6-7-9-20(19)25)21-14(2)10-15(3)22(16(21)4)28(24,26)27/h6-10,13,17H,5,12H2,1-4H3,(H2,24,26,27)/t17-/m1/s1. The van der Waals surface area contributed by atoms with Gasteiger partial charge in [0.15, 0.2) is 0 Å². The fourth-order valence-corrected chi connectivity index (χ4v) is 5.44. The molecule has 0 fully saturated rings. The van der Waals surface area contributed by atoms with Crippen LogP contribution in [0.2, 0.25) is 0 Å². The second-order valence-corrected chi connectivity index (χ2v) is 8.85. The molecular weight excluding hydrogens is 370 g/mol. The van der Waals surface area contributed by atoms with Crippen LogP contribution in [-0.4, -0.2) is 13.0 Å². The third kappa shape index (κ3) is 3.44. The van der Waals surface area contributed by atoms with Crippen molar-refractivity contribution in [2.24, 2.45) is 5.14 Å². The van der Waals surface area contributed by atoms with Gasteiger partial charge in [0.1, 0.15) is 6.07 Å². The van der Waals surface area contributed by atoms with Gasteiger partial charge in [-0.05, 0) is 55.5 Å². The van der Waals surface area contributed by atoms with Crippen LogP contribution >= 0.6 is 0 Å². The Kier molecular flexibility index (Phi) is 5.33. The fourth-order valence-electron chi connectivity index (χ4n) is 4.40. The lowest BCUT2D eigenvalue weighted by Crippen LogP contribution is -2.19. The highest BCUT2D eigenvalue weighted by Crippen LogP contribution is 2.34. The number of sulfonamides is 1. The van der Waals surface area contributed by atoms with Crippen molar-refractivity contribution in [3.05, 3.63) is 64.3 Å². The minimum atomic E-state index is -3.80. The van der Waals surface area contributed by atoms with Crippen molar-refractivity contribution >= 4 is 20.9 Å². The van der Waals surface area contributed by atoms with Crippen LogP contribution in [-0.2, 0) is 16.6 Å². The van der Waals surface area contributed by atoms with E-state index in [2.05, 4.69) is 17.6 Å². The summed E-state index contributed by atoms with van der Waals surface area (Å²) in [5, 5.41) is 15.9. The fraction of sp³-hybridized carbons (Fsp3) is 0.318. The number of nitriles is 1. The Hall–Kier alpha value is -2.62. The van der Waals surface area contributed by atoms with E-state index in [1.807, 2.05) is 50.4 Å². The Bertz CT molecular complexity index is 1200. The number of para-hydroxylation sites is 1. The highest BCUT2D eigenvalue weighted by molar-refractivity contribution is 7.89. The second-order valence-electron chi connectivity index (χ2n) is 7.35. The van der Waals surface area contributed by atoms with Gasteiger partial charge in [0.2, 0.25) is 10.0 Å². The molecule has 1 heterocycles. The van der Waals surface area contributed by atoms with E-state index in [-0.39, 0.29) is 10.8 Å². The second kappa shape index (κ2) is 7.42. The van der Waals surface area contributed by atoms with Crippen molar-refractivity contribution in [2.45, 2.75) is 51.5 Å². The molecule has 28 heavy (non-hydrogen) atoms. The molecular formula is C22H25N3O2S. The molecule has 0 amide bonds. The topological polar surface area (TPSA) is 88.9 Å². The number of rotatable bonds is 5. The van der Waals surface area contributed by atoms with Crippen molar-refractivity contribution in [1.82, 2.24) is 4.57 Å². The Morgan fingerprint density at radius 2 is 1.86 bits per heavy atom. The molecule has 0 unspecified atom stereocenters. The highest BCUT2D eigenvalue weighted by Gasteiger charge is 2.24. The van der Waals surface area contributed by atoms with Gasteiger partial charge >= 0.3 is 0 Å². The number of hydrogen-bond acceptors (Lipinski definition) is 3. The number of benzene rings is 2. The number of aromatic nitrogens is 1. The van der Waals surface area contributed by atoms with Crippen LogP contribution in [0, 0.1) is 32.1 Å². The van der Waals surface area contributed by atoms with Crippen molar-refractivity contribution in [3.63, 3.8) is 0 Å². The maximum atomic E-state index is 12.2. The van der Waals surface area contributed by atoms with Gasteiger partial charge in [0.05, 0.1) is 10.5 Å². The molecule has 2 N–H and O–H groups in total. The molecule has 0 saturated carbocycles. The van der Waals surface area contributed by atoms with Gasteiger partial charge in [-0.3, -0.25) is 0 Å². The van der Waals surface area contributed by atoms with Crippen LogP contribution in [0.3, 0.4) is 0 Å². The molecule has 0 aliphatic carbocycles. The van der Waals surface area contributed by atoms with Crippen molar-refractivity contribution in [1.29, 1.82) is 5.26 Å². The zero-order chi connectivity index (χ0) is 20.6. The van der Waals surface area contributed by atoms with Crippen LogP contribution < -0.4 is 5.14 Å². The van der Waals surface area contributed by atoms with E-state index in [1.54, 1.807) is 6.92 Å². The summed E-state index contributed by atoms with van der Waals surface area (Å²) in [6.45, 7) is 8.39. The summed E-state index contributed by atoms with van der Waals surface area (Å²) in [6.07, 6.45) is 2.72. The molecule has 3 aromatic rings. The van der Waals surface area contributed by atoms with Gasteiger partial charge in [0, 0.05) is 29.6 Å². The maximum absolute atomic E-state index is 12.2. The predicted octanol–water partition coefficient (Wildman–Crippen LogP) is 4.28. The average molecular weight is 396 g/mol. The third-order valence-corrected chi connectivity index (χ3v) is 6.67. The molecule has 2 aromatic carbocycles. The van der Waals surface area contributed by atoms with E-state index in [1.165, 1.54) is 0 Å². The monoisotopic (exact) mass is 395 g/mol. The van der Waals surface area contributed by atoms with Crippen molar-refractivity contribution in [2.75, 3.05) is 0 Å². The van der Waals surface area contributed by atoms with Gasteiger partial charge in [-0.2, -0.15) is 5.26 Å². The molecule has 3 rings (SSSR count). The number of fused-ring (bicyclic) bond motifs is 1. The molecule has 0 spiro atoms. The highest BCUT2D eigenvalue weighted by atomic mass is 32.2. The molecule has 5 nitrogen and oxygen atoms in total. The molecule has 1 aromatic heterocycles. The summed E-state index contributed by atoms with van der Waals surface area (Å²) < 4.78 is 26.4. The Morgan fingerprint density at radius 1 is 1.18 bits per heavy atom. The van der Waals surface area contributed by atoms with Crippen LogP contribution in [0.15, 0.2) is 41.4 Å². The number of aryl methyl sites for hydroxylation is 2. The van der Waals surface area contributed by atoms with Crippen LogP contribution in [0.1, 0.15) is 47.1 Å². The number of nitrogens with zero attached hydrogens (tertiary/aromatic N) is 2. The minimum Gasteiger partial charge on any atom is -0.345 e. The maximum Gasteiger partial charge on any atom is 0.238 e. The number of primary sulfonamides is 1. The van der Waals surface area contributed by atoms with Crippen molar-refractivity contribution in [3.8, 4) is 6.07 Å². The summed E-state index contributed by atoms with van der Waals surface area (Å²) in [4.78, 5) is 0.224. The lowest BCUT2D eigenvalue weighted by Gasteiger charge is -2.24. The van der Waals surface area contributed by atoms with Gasteiger partial charge in [-0.15, -0.1) is 0 Å². The predicted molar refractivity (Wildman–Crippen MR) is 112 cm³/mol. The first-order valence-corrected chi connectivity index (χ1v) is 10.8. The first-order chi connectivity index (χ1) is 13.2. The third-order valence-electron chi connectivity index (χ3n) is 5.47. The summed E-state index contributed by atoms with van der Waals surface area (Å²) in [6, 6.07) is 12.0. The molecule has 1 atom stereocenters. The number of nitrogens with two attached hydrogens (primary N) is 1. The van der Waals surface area contributed by atoms with E-state index in [4.69, 9.17) is 5.14 Å². The molecule has 0 saturated heterocycles. The normalized spacial score (nSPS) is 12.9. The molecule has 0 aliphatic heterocycles. The van der Waals surface area contributed by atoms with E-state index in [9.17, 15) is 13.7 Å². The lowest BCUT2D eigenvalue weighted by atomic mass is 9.87. The van der Waals surface area contributed by atoms with Crippen LogP contribution in [0.4, 0.5) is 0 Å². The summed E-state index contributed by atoms with van der Waals surface area (Å²) >= 11 is 0. The lowest BCUT2D eigenvalue weighted by molar-refractivity contribution is 0.549. The van der Waals surface area contributed by atoms with Gasteiger partial charge in [0.25, 0.3) is 0 Å². The summed E-state index contributed by atoms with van der Waals surface area (Å²) in [5.74, 6) is 0.100. The SMILES string of the molecule is CC[C@H](Cn1cc(C#N)c2ccccc21)c1c(C)cc(C)c(S(N)(=O)=O)c1C. The van der Waals surface area contributed by atoms with E-state index in [0.717, 1.165) is 34.0 Å². The molecule has 0 radical (unpaired) electrons. The average Bonchev–Trinajstić information content (AvgIpc) is 2.97. The zero-order valence-electron chi connectivity index (χ0n) is 16.7. The quantitative estimate of drug-likeness (QED) is 0.699. The smallest absolute Gasteiger partial charge is 0.238 e. The molecule has 0 aliphatic rings. The van der Waals surface area contributed by atoms with Gasteiger partial charge < -0.3 is 4.57 Å². The van der Waals surface area contributed by atoms with E-state index >= 15 is 0 Å². The first-order valence-electron chi connectivity index (χ1n) is 9.30. The molecule has 146 valence electrons. The van der Waals surface area contributed by atoms with Gasteiger partial charge in [-0.25, -0.2) is 13.6 Å².